The Morgan fingerprint density at radius 2 is 1.08 bits per heavy atom. The first kappa shape index (κ1) is 27.0. The zero-order valence-corrected chi connectivity index (χ0v) is 26.4. The van der Waals surface area contributed by atoms with E-state index in [1.165, 1.54) is 25.7 Å². The minimum absolute atomic E-state index is 0.609. The number of aromatic nitrogens is 3. The fourth-order valence-corrected chi connectivity index (χ4v) is 8.10. The van der Waals surface area contributed by atoms with Crippen molar-refractivity contribution in [2.45, 2.75) is 0 Å². The number of thiophene rings is 1. The van der Waals surface area contributed by atoms with Crippen molar-refractivity contribution in [1.29, 1.82) is 0 Å². The normalized spacial score (nSPS) is 11.8. The smallest absolute Gasteiger partial charge is 0.164 e. The summed E-state index contributed by atoms with van der Waals surface area (Å²) in [5, 5.41) is 6.74. The van der Waals surface area contributed by atoms with E-state index in [1.54, 1.807) is 0 Å². The molecule has 10 rings (SSSR count). The van der Waals surface area contributed by atoms with E-state index in [0.717, 1.165) is 55.0 Å². The zero-order chi connectivity index (χ0) is 31.6. The van der Waals surface area contributed by atoms with Crippen LogP contribution in [0, 0.1) is 0 Å². The van der Waals surface area contributed by atoms with Crippen LogP contribution in [0.2, 0.25) is 0 Å². The number of nitrogens with zero attached hydrogens (tertiary/aromatic N) is 3. The molecule has 0 spiro atoms. The van der Waals surface area contributed by atoms with Crippen LogP contribution >= 0.6 is 11.3 Å². The molecule has 0 radical (unpaired) electrons. The maximum atomic E-state index is 6.64. The molecule has 0 aliphatic rings. The van der Waals surface area contributed by atoms with Crippen LogP contribution in [0.1, 0.15) is 0 Å². The maximum absolute atomic E-state index is 6.64. The summed E-state index contributed by atoms with van der Waals surface area (Å²) in [6.45, 7) is 0. The molecule has 0 amide bonds. The van der Waals surface area contributed by atoms with Crippen molar-refractivity contribution in [2.75, 3.05) is 0 Å². The molecule has 0 bridgehead atoms. The number of hydrogen-bond acceptors (Lipinski definition) is 5. The van der Waals surface area contributed by atoms with E-state index < -0.39 is 0 Å². The summed E-state index contributed by atoms with van der Waals surface area (Å²) < 4.78 is 9.23. The lowest BCUT2D eigenvalue weighted by Crippen LogP contribution is -2.00. The van der Waals surface area contributed by atoms with E-state index in [0.29, 0.717) is 17.5 Å². The lowest BCUT2D eigenvalue weighted by molar-refractivity contribution is 0.672. The van der Waals surface area contributed by atoms with Crippen LogP contribution in [0.25, 0.3) is 98.2 Å². The first-order valence-corrected chi connectivity index (χ1v) is 16.8. The molecule has 0 atom stereocenters. The van der Waals surface area contributed by atoms with Gasteiger partial charge in [-0.1, -0.05) is 121 Å². The Labute approximate surface area is 279 Å². The third-order valence-electron chi connectivity index (χ3n) is 9.12. The van der Waals surface area contributed by atoms with Gasteiger partial charge in [0.25, 0.3) is 0 Å². The van der Waals surface area contributed by atoms with Gasteiger partial charge in [-0.2, -0.15) is 0 Å². The maximum Gasteiger partial charge on any atom is 0.164 e. The Kier molecular flexibility index (Phi) is 6.01. The second-order valence-corrected chi connectivity index (χ2v) is 13.0. The molecule has 0 unspecified atom stereocenters. The van der Waals surface area contributed by atoms with E-state index in [2.05, 4.69) is 78.9 Å². The van der Waals surface area contributed by atoms with Crippen molar-refractivity contribution in [2.24, 2.45) is 0 Å². The van der Waals surface area contributed by atoms with Gasteiger partial charge in [-0.3, -0.25) is 0 Å². The van der Waals surface area contributed by atoms with Crippen molar-refractivity contribution in [3.05, 3.63) is 152 Å². The highest BCUT2D eigenvalue weighted by molar-refractivity contribution is 7.26. The van der Waals surface area contributed by atoms with Gasteiger partial charge < -0.3 is 4.42 Å². The predicted molar refractivity (Wildman–Crippen MR) is 199 cm³/mol. The van der Waals surface area contributed by atoms with Crippen molar-refractivity contribution >= 4 is 64.2 Å². The van der Waals surface area contributed by atoms with E-state index in [4.69, 9.17) is 19.4 Å². The molecule has 0 fully saturated rings. The molecular weight excluding hydrogens is 607 g/mol. The van der Waals surface area contributed by atoms with Crippen molar-refractivity contribution in [3.8, 4) is 45.3 Å². The van der Waals surface area contributed by atoms with Gasteiger partial charge in [0.05, 0.1) is 0 Å². The highest BCUT2D eigenvalue weighted by Crippen LogP contribution is 2.44. The van der Waals surface area contributed by atoms with Crippen molar-refractivity contribution < 1.29 is 4.42 Å². The second kappa shape index (κ2) is 10.7. The summed E-state index contributed by atoms with van der Waals surface area (Å²) in [5.41, 5.74) is 6.83. The van der Waals surface area contributed by atoms with E-state index in [1.807, 2.05) is 84.1 Å². The largest absolute Gasteiger partial charge is 0.455 e. The van der Waals surface area contributed by atoms with Crippen LogP contribution in [0.5, 0.6) is 0 Å². The van der Waals surface area contributed by atoms with Crippen LogP contribution in [0.4, 0.5) is 0 Å². The van der Waals surface area contributed by atoms with Gasteiger partial charge in [-0.25, -0.2) is 15.0 Å². The second-order valence-electron chi connectivity index (χ2n) is 12.0. The van der Waals surface area contributed by atoms with E-state index in [-0.39, 0.29) is 0 Å². The molecule has 3 aromatic heterocycles. The lowest BCUT2D eigenvalue weighted by Gasteiger charge is -2.11. The fourth-order valence-electron chi connectivity index (χ4n) is 6.87. The lowest BCUT2D eigenvalue weighted by atomic mass is 9.95. The summed E-state index contributed by atoms with van der Waals surface area (Å²) in [6.07, 6.45) is 0. The van der Waals surface area contributed by atoms with E-state index >= 15 is 0 Å². The van der Waals surface area contributed by atoms with Gasteiger partial charge in [0, 0.05) is 53.0 Å². The zero-order valence-electron chi connectivity index (χ0n) is 25.6. The predicted octanol–water partition coefficient (Wildman–Crippen LogP) is 12.0. The number of fused-ring (bicyclic) bond motifs is 8. The van der Waals surface area contributed by atoms with Gasteiger partial charge in [0.1, 0.15) is 11.2 Å². The molecule has 10 aromatic rings. The van der Waals surface area contributed by atoms with Crippen molar-refractivity contribution in [3.63, 3.8) is 0 Å². The molecule has 7 aromatic carbocycles. The summed E-state index contributed by atoms with van der Waals surface area (Å²) in [6, 6.07) is 52.6. The van der Waals surface area contributed by atoms with Crippen LogP contribution in [-0.4, -0.2) is 15.0 Å². The first-order chi connectivity index (χ1) is 23.8. The molecule has 0 aliphatic carbocycles. The van der Waals surface area contributed by atoms with Gasteiger partial charge in [0.15, 0.2) is 17.5 Å². The number of rotatable bonds is 4. The Hall–Kier alpha value is -6.17. The van der Waals surface area contributed by atoms with Crippen LogP contribution in [-0.2, 0) is 0 Å². The van der Waals surface area contributed by atoms with Crippen LogP contribution in [0.15, 0.2) is 156 Å². The molecule has 3 heterocycles. The number of hydrogen-bond donors (Lipinski definition) is 0. The number of para-hydroxylation sites is 1. The van der Waals surface area contributed by atoms with Gasteiger partial charge in [0.2, 0.25) is 0 Å². The summed E-state index contributed by atoms with van der Waals surface area (Å²) in [7, 11) is 0. The van der Waals surface area contributed by atoms with Crippen LogP contribution in [0.3, 0.4) is 0 Å². The fraction of sp³-hybridized carbons (Fsp3) is 0. The molecule has 5 heteroatoms. The molecular formula is C43H25N3OS. The molecule has 0 saturated carbocycles. The molecule has 0 aliphatic heterocycles. The Bertz CT molecular complexity index is 2780. The Morgan fingerprint density at radius 1 is 0.438 bits per heavy atom. The quantitative estimate of drug-likeness (QED) is 0.194. The number of furan rings is 1. The third kappa shape index (κ3) is 4.25. The third-order valence-corrected chi connectivity index (χ3v) is 10.3. The average Bonchev–Trinajstić information content (AvgIpc) is 3.74. The monoisotopic (exact) mass is 631 g/mol. The van der Waals surface area contributed by atoms with Gasteiger partial charge in [-0.05, 0) is 46.8 Å². The van der Waals surface area contributed by atoms with Crippen molar-refractivity contribution in [1.82, 2.24) is 15.0 Å². The summed E-state index contributed by atoms with van der Waals surface area (Å²) in [4.78, 5) is 15.2. The molecule has 224 valence electrons. The van der Waals surface area contributed by atoms with Crippen LogP contribution < -0.4 is 0 Å². The van der Waals surface area contributed by atoms with Gasteiger partial charge in [-0.15, -0.1) is 11.3 Å². The van der Waals surface area contributed by atoms with E-state index in [9.17, 15) is 0 Å². The topological polar surface area (TPSA) is 51.8 Å². The highest BCUT2D eigenvalue weighted by atomic mass is 32.1. The Balaban J connectivity index is 1.26. The minimum Gasteiger partial charge on any atom is -0.455 e. The highest BCUT2D eigenvalue weighted by Gasteiger charge is 2.21. The minimum atomic E-state index is 0.609. The van der Waals surface area contributed by atoms with Gasteiger partial charge >= 0.3 is 0 Å². The average molecular weight is 632 g/mol. The SMILES string of the molecule is c1ccc(-c2nc(-c3ccccc3)nc(-c3cc4cc(-c5cccc6c5sc5ccccc56)ccc4c4oc5ccccc5c34)n2)cc1. The summed E-state index contributed by atoms with van der Waals surface area (Å²) in [5.74, 6) is 1.87. The first-order valence-electron chi connectivity index (χ1n) is 15.9. The molecule has 0 saturated heterocycles. The Morgan fingerprint density at radius 3 is 1.85 bits per heavy atom. The number of benzene rings is 7. The molecule has 48 heavy (non-hydrogen) atoms. The standard InChI is InChI=1S/C43H25N3OS/c1-3-12-26(13-4-1)41-44-42(27-14-5-2-6-15-27)46-43(45-41)35-25-29-24-28(22-23-30(29)39-38(35)34-17-7-9-20-36(34)47-39)31-18-11-19-33-32-16-8-10-21-37(32)48-40(31)33/h1-25H. The molecule has 0 N–H and O–H groups in total. The molecule has 4 nitrogen and oxygen atoms in total. The summed E-state index contributed by atoms with van der Waals surface area (Å²) >= 11 is 1.85.